The van der Waals surface area contributed by atoms with Crippen molar-refractivity contribution < 1.29 is 9.59 Å². The van der Waals surface area contributed by atoms with Crippen LogP contribution in [0.4, 0.5) is 0 Å². The highest BCUT2D eigenvalue weighted by atomic mass is 32.1. The molecule has 1 unspecified atom stereocenters. The number of thiol groups is 2. The molecule has 0 aliphatic heterocycles. The zero-order chi connectivity index (χ0) is 11.4. The smallest absolute Gasteiger partial charge is 0.221 e. The lowest BCUT2D eigenvalue weighted by molar-refractivity contribution is -0.126. The molecule has 1 amide bonds. The monoisotopic (exact) mass is 235 g/mol. The van der Waals surface area contributed by atoms with Gasteiger partial charge in [0, 0.05) is 23.3 Å². The lowest BCUT2D eigenvalue weighted by Gasteiger charge is -2.17. The predicted octanol–water partition coefficient (Wildman–Crippen LogP) is 1.08. The largest absolute Gasteiger partial charge is 0.369 e. The normalized spacial score (nSPS) is 13.7. The minimum atomic E-state index is -0.467. The average Bonchev–Trinajstić information content (AvgIpc) is 1.96. The number of carbonyl (C=O) groups excluding carboxylic acids is 2. The summed E-state index contributed by atoms with van der Waals surface area (Å²) in [5.74, 6) is -0.608. The van der Waals surface area contributed by atoms with E-state index in [0.717, 1.165) is 0 Å². The molecule has 0 aromatic heterocycles. The minimum Gasteiger partial charge on any atom is -0.369 e. The summed E-state index contributed by atoms with van der Waals surface area (Å²) >= 11 is 8.21. The topological polar surface area (TPSA) is 60.2 Å². The minimum absolute atomic E-state index is 0.00264. The number of primary amides is 1. The first-order valence-corrected chi connectivity index (χ1v) is 5.48. The van der Waals surface area contributed by atoms with E-state index < -0.39 is 11.8 Å². The molecule has 0 fully saturated rings. The maximum Gasteiger partial charge on any atom is 0.221 e. The van der Waals surface area contributed by atoms with Crippen LogP contribution in [-0.2, 0) is 9.59 Å². The fourth-order valence-electron chi connectivity index (χ4n) is 1.08. The van der Waals surface area contributed by atoms with Crippen molar-refractivity contribution in [1.29, 1.82) is 0 Å². The van der Waals surface area contributed by atoms with Crippen LogP contribution in [0.15, 0.2) is 0 Å². The number of hydrogen-bond donors (Lipinski definition) is 3. The van der Waals surface area contributed by atoms with Crippen molar-refractivity contribution in [2.45, 2.75) is 31.4 Å². The van der Waals surface area contributed by atoms with E-state index in [-0.39, 0.29) is 17.0 Å². The van der Waals surface area contributed by atoms with Crippen molar-refractivity contribution in [3.8, 4) is 0 Å². The van der Waals surface area contributed by atoms with E-state index in [4.69, 9.17) is 5.73 Å². The van der Waals surface area contributed by atoms with Gasteiger partial charge in [-0.3, -0.25) is 9.59 Å². The van der Waals surface area contributed by atoms with E-state index in [9.17, 15) is 9.59 Å². The molecule has 1 atom stereocenters. The summed E-state index contributed by atoms with van der Waals surface area (Å²) in [6.45, 7) is 3.71. The molecule has 0 radical (unpaired) electrons. The SMILES string of the molecule is CC(C)(S)CC(=O)CC(CS)C(N)=O. The van der Waals surface area contributed by atoms with E-state index >= 15 is 0 Å². The number of amides is 1. The lowest BCUT2D eigenvalue weighted by atomic mass is 9.97. The van der Waals surface area contributed by atoms with Crippen LogP contribution in [0.5, 0.6) is 0 Å². The van der Waals surface area contributed by atoms with Crippen LogP contribution in [0.2, 0.25) is 0 Å². The standard InChI is InChI=1S/C9H17NO2S2/c1-9(2,14)4-7(11)3-6(5-13)8(10)12/h6,13-14H,3-5H2,1-2H3,(H2,10,12). The molecule has 0 aliphatic rings. The van der Waals surface area contributed by atoms with Gasteiger partial charge in [0.25, 0.3) is 0 Å². The summed E-state index contributed by atoms with van der Waals surface area (Å²) in [6, 6.07) is 0. The third-order valence-corrected chi connectivity index (χ3v) is 2.33. The second-order valence-corrected chi connectivity index (χ2v) is 5.59. The van der Waals surface area contributed by atoms with Gasteiger partial charge in [0.1, 0.15) is 5.78 Å². The van der Waals surface area contributed by atoms with Crippen LogP contribution < -0.4 is 5.73 Å². The number of hydrogen-bond acceptors (Lipinski definition) is 4. The van der Waals surface area contributed by atoms with Crippen LogP contribution in [-0.4, -0.2) is 22.2 Å². The van der Waals surface area contributed by atoms with Gasteiger partial charge in [-0.15, -0.1) is 0 Å². The Hall–Kier alpha value is -0.160. The third-order valence-electron chi connectivity index (χ3n) is 1.73. The molecule has 0 heterocycles. The molecule has 5 heteroatoms. The molecular weight excluding hydrogens is 218 g/mol. The molecule has 0 aromatic rings. The lowest BCUT2D eigenvalue weighted by Crippen LogP contribution is -2.28. The number of ketones is 1. The third kappa shape index (κ3) is 6.32. The Morgan fingerprint density at radius 1 is 1.43 bits per heavy atom. The van der Waals surface area contributed by atoms with Gasteiger partial charge in [0.15, 0.2) is 0 Å². The van der Waals surface area contributed by atoms with Gasteiger partial charge in [-0.25, -0.2) is 0 Å². The molecule has 3 nitrogen and oxygen atoms in total. The second-order valence-electron chi connectivity index (χ2n) is 4.01. The van der Waals surface area contributed by atoms with Crippen molar-refractivity contribution in [3.63, 3.8) is 0 Å². The zero-order valence-corrected chi connectivity index (χ0v) is 10.3. The molecule has 0 spiro atoms. The molecule has 0 aliphatic carbocycles. The molecule has 0 bridgehead atoms. The van der Waals surface area contributed by atoms with Gasteiger partial charge in [0.2, 0.25) is 5.91 Å². The Labute approximate surface area is 95.6 Å². The highest BCUT2D eigenvalue weighted by Crippen LogP contribution is 2.19. The quantitative estimate of drug-likeness (QED) is 0.603. The van der Waals surface area contributed by atoms with Crippen LogP contribution in [0.1, 0.15) is 26.7 Å². The zero-order valence-electron chi connectivity index (χ0n) is 8.49. The van der Waals surface area contributed by atoms with Gasteiger partial charge in [-0.2, -0.15) is 25.3 Å². The Balaban J connectivity index is 4.11. The summed E-state index contributed by atoms with van der Waals surface area (Å²) in [5.41, 5.74) is 5.10. The van der Waals surface area contributed by atoms with Crippen molar-refractivity contribution in [2.75, 3.05) is 5.75 Å². The van der Waals surface area contributed by atoms with Crippen LogP contribution in [0.25, 0.3) is 0 Å². The van der Waals surface area contributed by atoms with Crippen molar-refractivity contribution in [1.82, 2.24) is 0 Å². The van der Waals surface area contributed by atoms with Crippen LogP contribution in [0, 0.1) is 5.92 Å². The van der Waals surface area contributed by atoms with E-state index in [1.807, 2.05) is 13.8 Å². The Bertz CT molecular complexity index is 223. The highest BCUT2D eigenvalue weighted by molar-refractivity contribution is 7.81. The van der Waals surface area contributed by atoms with Crippen molar-refractivity contribution in [3.05, 3.63) is 0 Å². The Morgan fingerprint density at radius 3 is 2.21 bits per heavy atom. The van der Waals surface area contributed by atoms with E-state index in [1.54, 1.807) is 0 Å². The first kappa shape index (κ1) is 13.8. The summed E-state index contributed by atoms with van der Waals surface area (Å²) in [4.78, 5) is 22.3. The summed E-state index contributed by atoms with van der Waals surface area (Å²) in [6.07, 6.45) is 0.510. The highest BCUT2D eigenvalue weighted by Gasteiger charge is 2.22. The first-order valence-electron chi connectivity index (χ1n) is 4.40. The fourth-order valence-corrected chi connectivity index (χ4v) is 1.57. The molecule has 0 rings (SSSR count). The van der Waals surface area contributed by atoms with Gasteiger partial charge in [-0.05, 0) is 0 Å². The first-order chi connectivity index (χ1) is 6.26. The van der Waals surface area contributed by atoms with Gasteiger partial charge in [0.05, 0.1) is 5.92 Å². The van der Waals surface area contributed by atoms with Gasteiger partial charge < -0.3 is 5.73 Å². The van der Waals surface area contributed by atoms with Gasteiger partial charge in [-0.1, -0.05) is 13.8 Å². The second kappa shape index (κ2) is 5.66. The summed E-state index contributed by atoms with van der Waals surface area (Å²) in [7, 11) is 0. The van der Waals surface area contributed by atoms with E-state index in [0.29, 0.717) is 12.2 Å². The fraction of sp³-hybridized carbons (Fsp3) is 0.778. The molecule has 0 aromatic carbocycles. The molecule has 0 saturated carbocycles. The van der Waals surface area contributed by atoms with E-state index in [1.165, 1.54) is 0 Å². The number of nitrogens with two attached hydrogens (primary N) is 1. The average molecular weight is 235 g/mol. The Morgan fingerprint density at radius 2 is 1.93 bits per heavy atom. The molecule has 0 saturated heterocycles. The molecule has 2 N–H and O–H groups in total. The number of carbonyl (C=O) groups is 2. The maximum atomic E-state index is 11.4. The maximum absolute atomic E-state index is 11.4. The molecular formula is C9H17NO2S2. The summed E-state index contributed by atoms with van der Waals surface area (Å²) < 4.78 is -0.337. The van der Waals surface area contributed by atoms with Crippen molar-refractivity contribution in [2.24, 2.45) is 11.7 Å². The molecule has 82 valence electrons. The van der Waals surface area contributed by atoms with Crippen molar-refractivity contribution >= 4 is 36.9 Å². The summed E-state index contributed by atoms with van der Waals surface area (Å²) in [5, 5.41) is 0. The Kier molecular flexibility index (Phi) is 5.59. The number of Topliss-reactive ketones (excluding diaryl/α,β-unsaturated/α-hetero) is 1. The number of rotatable bonds is 6. The van der Waals surface area contributed by atoms with Crippen LogP contribution in [0.3, 0.4) is 0 Å². The van der Waals surface area contributed by atoms with E-state index in [2.05, 4.69) is 25.3 Å². The van der Waals surface area contributed by atoms with Crippen LogP contribution >= 0.6 is 25.3 Å². The molecule has 14 heavy (non-hydrogen) atoms. The van der Waals surface area contributed by atoms with Gasteiger partial charge >= 0.3 is 0 Å². The predicted molar refractivity (Wildman–Crippen MR) is 63.8 cm³/mol.